The zero-order chi connectivity index (χ0) is 14.0. The maximum Gasteiger partial charge on any atom is 0.262 e. The Morgan fingerprint density at radius 3 is 2.74 bits per heavy atom. The molecule has 1 unspecified atom stereocenters. The summed E-state index contributed by atoms with van der Waals surface area (Å²) in [6.07, 6.45) is 5.02. The molecular formula is C11H17Cl2N3O2S. The third kappa shape index (κ3) is 2.91. The van der Waals surface area contributed by atoms with Crippen LogP contribution < -0.4 is 0 Å². The number of hydrogen-bond acceptors (Lipinski definition) is 3. The van der Waals surface area contributed by atoms with Crippen LogP contribution in [0.3, 0.4) is 0 Å². The van der Waals surface area contributed by atoms with Crippen molar-refractivity contribution in [2.45, 2.75) is 36.8 Å². The number of alkyl halides is 1. The van der Waals surface area contributed by atoms with Crippen LogP contribution in [0, 0.1) is 0 Å². The van der Waals surface area contributed by atoms with Gasteiger partial charge in [-0.25, -0.2) is 8.42 Å². The molecule has 0 aromatic carbocycles. The van der Waals surface area contributed by atoms with Gasteiger partial charge in [0.25, 0.3) is 10.0 Å². The molecule has 1 aromatic rings. The SMILES string of the molecule is Cn1ncc(Cl)c1S(=O)(=O)N1CCCCCC1CCl. The molecule has 0 aliphatic carbocycles. The number of hydrogen-bond donors (Lipinski definition) is 0. The summed E-state index contributed by atoms with van der Waals surface area (Å²) < 4.78 is 28.2. The minimum atomic E-state index is -3.65. The van der Waals surface area contributed by atoms with Gasteiger partial charge in [0, 0.05) is 25.5 Å². The second kappa shape index (κ2) is 5.99. The van der Waals surface area contributed by atoms with E-state index >= 15 is 0 Å². The molecule has 1 fully saturated rings. The van der Waals surface area contributed by atoms with Crippen molar-refractivity contribution in [2.24, 2.45) is 7.05 Å². The third-order valence-electron chi connectivity index (χ3n) is 3.40. The van der Waals surface area contributed by atoms with E-state index in [1.54, 1.807) is 7.05 Å². The third-order valence-corrected chi connectivity index (χ3v) is 6.21. The molecule has 5 nitrogen and oxygen atoms in total. The van der Waals surface area contributed by atoms with Crippen molar-refractivity contribution in [1.82, 2.24) is 14.1 Å². The highest BCUT2D eigenvalue weighted by atomic mass is 35.5. The van der Waals surface area contributed by atoms with Gasteiger partial charge in [0.1, 0.15) is 0 Å². The molecule has 0 N–H and O–H groups in total. The summed E-state index contributed by atoms with van der Waals surface area (Å²) in [6.45, 7) is 0.487. The van der Waals surface area contributed by atoms with Gasteiger partial charge >= 0.3 is 0 Å². The summed E-state index contributed by atoms with van der Waals surface area (Å²) in [5, 5.41) is 4.10. The summed E-state index contributed by atoms with van der Waals surface area (Å²) in [5.74, 6) is 0.300. The zero-order valence-corrected chi connectivity index (χ0v) is 13.0. The van der Waals surface area contributed by atoms with Crippen molar-refractivity contribution in [2.75, 3.05) is 12.4 Å². The fourth-order valence-corrected chi connectivity index (χ4v) is 5.13. The molecule has 2 rings (SSSR count). The number of nitrogens with zero attached hydrogens (tertiary/aromatic N) is 3. The smallest absolute Gasteiger partial charge is 0.255 e. The maximum atomic E-state index is 12.7. The minimum absolute atomic E-state index is 0.0474. The van der Waals surface area contributed by atoms with Crippen molar-refractivity contribution in [3.8, 4) is 0 Å². The van der Waals surface area contributed by atoms with E-state index < -0.39 is 10.0 Å². The predicted molar refractivity (Wildman–Crippen MR) is 75.1 cm³/mol. The van der Waals surface area contributed by atoms with Gasteiger partial charge in [0.2, 0.25) is 0 Å². The molecule has 1 aromatic heterocycles. The first kappa shape index (κ1) is 15.1. The van der Waals surface area contributed by atoms with E-state index in [0.717, 1.165) is 25.7 Å². The van der Waals surface area contributed by atoms with Gasteiger partial charge in [-0.1, -0.05) is 24.4 Å². The highest BCUT2D eigenvalue weighted by molar-refractivity contribution is 7.89. The van der Waals surface area contributed by atoms with Crippen molar-refractivity contribution in [3.05, 3.63) is 11.2 Å². The molecule has 1 aliphatic rings. The van der Waals surface area contributed by atoms with E-state index in [-0.39, 0.29) is 16.1 Å². The monoisotopic (exact) mass is 325 g/mol. The van der Waals surface area contributed by atoms with Crippen molar-refractivity contribution >= 4 is 33.2 Å². The molecule has 2 heterocycles. The van der Waals surface area contributed by atoms with E-state index in [0.29, 0.717) is 12.4 Å². The predicted octanol–water partition coefficient (Wildman–Crippen LogP) is 2.25. The van der Waals surface area contributed by atoms with E-state index in [4.69, 9.17) is 23.2 Å². The number of aromatic nitrogens is 2. The number of halogens is 2. The summed E-state index contributed by atoms with van der Waals surface area (Å²) in [7, 11) is -2.07. The zero-order valence-electron chi connectivity index (χ0n) is 10.7. The lowest BCUT2D eigenvalue weighted by Gasteiger charge is -2.27. The van der Waals surface area contributed by atoms with E-state index in [2.05, 4.69) is 5.10 Å². The van der Waals surface area contributed by atoms with Gasteiger partial charge in [0.15, 0.2) is 5.03 Å². The molecule has 1 saturated heterocycles. The second-order valence-electron chi connectivity index (χ2n) is 4.69. The Balaban J connectivity index is 2.42. The highest BCUT2D eigenvalue weighted by Crippen LogP contribution is 2.28. The molecule has 108 valence electrons. The summed E-state index contributed by atoms with van der Waals surface area (Å²) >= 11 is 11.9. The Morgan fingerprint density at radius 2 is 2.16 bits per heavy atom. The topological polar surface area (TPSA) is 55.2 Å². The van der Waals surface area contributed by atoms with Crippen molar-refractivity contribution in [3.63, 3.8) is 0 Å². The van der Waals surface area contributed by atoms with Gasteiger partial charge in [-0.2, -0.15) is 9.40 Å². The van der Waals surface area contributed by atoms with Gasteiger partial charge in [-0.15, -0.1) is 11.6 Å². The average molecular weight is 326 g/mol. The highest BCUT2D eigenvalue weighted by Gasteiger charge is 2.35. The first-order chi connectivity index (χ1) is 8.98. The molecule has 0 spiro atoms. The summed E-state index contributed by atoms with van der Waals surface area (Å²) in [6, 6.07) is -0.167. The number of sulfonamides is 1. The van der Waals surface area contributed by atoms with Crippen LogP contribution in [0.1, 0.15) is 25.7 Å². The van der Waals surface area contributed by atoms with Gasteiger partial charge < -0.3 is 0 Å². The Kier molecular flexibility index (Phi) is 4.76. The molecule has 0 amide bonds. The molecule has 0 radical (unpaired) electrons. The summed E-state index contributed by atoms with van der Waals surface area (Å²) in [4.78, 5) is 0. The van der Waals surface area contributed by atoms with Crippen LogP contribution in [-0.2, 0) is 17.1 Å². The van der Waals surface area contributed by atoms with Gasteiger partial charge in [0.05, 0.1) is 11.2 Å². The fraction of sp³-hybridized carbons (Fsp3) is 0.727. The first-order valence-corrected chi connectivity index (χ1v) is 8.59. The van der Waals surface area contributed by atoms with Crippen molar-refractivity contribution < 1.29 is 8.42 Å². The minimum Gasteiger partial charge on any atom is -0.255 e. The average Bonchev–Trinajstić information content (AvgIpc) is 2.59. The van der Waals surface area contributed by atoms with Crippen LogP contribution in [0.4, 0.5) is 0 Å². The first-order valence-electron chi connectivity index (χ1n) is 6.23. The largest absolute Gasteiger partial charge is 0.262 e. The second-order valence-corrected chi connectivity index (χ2v) is 7.22. The molecule has 1 atom stereocenters. The molecule has 1 aliphatic heterocycles. The standard InChI is InChI=1S/C11H17Cl2N3O2S/c1-15-11(10(13)8-14-15)19(17,18)16-6-4-2-3-5-9(16)7-12/h8-9H,2-7H2,1H3. The normalized spacial score (nSPS) is 22.4. The van der Waals surface area contributed by atoms with Crippen LogP contribution >= 0.6 is 23.2 Å². The summed E-state index contributed by atoms with van der Waals surface area (Å²) in [5.41, 5.74) is 0. The quantitative estimate of drug-likeness (QED) is 0.801. The molecule has 0 bridgehead atoms. The fourth-order valence-electron chi connectivity index (χ4n) is 2.42. The maximum absolute atomic E-state index is 12.7. The van der Waals surface area contributed by atoms with Crippen LogP contribution in [0.2, 0.25) is 5.02 Å². The Morgan fingerprint density at radius 1 is 1.42 bits per heavy atom. The van der Waals surface area contributed by atoms with Crippen LogP contribution in [0.5, 0.6) is 0 Å². The Hall–Kier alpha value is -0.300. The Bertz CT molecular complexity index is 525. The number of rotatable bonds is 3. The number of aryl methyl sites for hydroxylation is 1. The van der Waals surface area contributed by atoms with Gasteiger partial charge in [-0.05, 0) is 12.8 Å². The van der Waals surface area contributed by atoms with Crippen LogP contribution in [0.15, 0.2) is 11.2 Å². The molecular weight excluding hydrogens is 309 g/mol. The lowest BCUT2D eigenvalue weighted by Crippen LogP contribution is -2.41. The van der Waals surface area contributed by atoms with Crippen LogP contribution in [-0.4, -0.2) is 41.0 Å². The van der Waals surface area contributed by atoms with E-state index in [9.17, 15) is 8.42 Å². The molecule has 8 heteroatoms. The lowest BCUT2D eigenvalue weighted by molar-refractivity contribution is 0.342. The Labute approximate surface area is 123 Å². The lowest BCUT2D eigenvalue weighted by atomic mass is 10.1. The van der Waals surface area contributed by atoms with E-state index in [1.165, 1.54) is 15.2 Å². The molecule has 19 heavy (non-hydrogen) atoms. The van der Waals surface area contributed by atoms with Crippen LogP contribution in [0.25, 0.3) is 0 Å². The molecule has 0 saturated carbocycles. The van der Waals surface area contributed by atoms with E-state index in [1.807, 2.05) is 0 Å². The van der Waals surface area contributed by atoms with Gasteiger partial charge in [-0.3, -0.25) is 4.68 Å². The van der Waals surface area contributed by atoms with Crippen molar-refractivity contribution in [1.29, 1.82) is 0 Å².